The van der Waals surface area contributed by atoms with Gasteiger partial charge in [-0.1, -0.05) is 0 Å². The lowest BCUT2D eigenvalue weighted by Crippen LogP contribution is -2.44. The van der Waals surface area contributed by atoms with Crippen molar-refractivity contribution in [3.8, 4) is 22.8 Å². The monoisotopic (exact) mass is 477 g/mol. The zero-order valence-electron chi connectivity index (χ0n) is 16.8. The van der Waals surface area contributed by atoms with Gasteiger partial charge in [0.15, 0.2) is 22.9 Å². The van der Waals surface area contributed by atoms with Crippen molar-refractivity contribution >= 4 is 12.2 Å². The Bertz CT molecular complexity index is 1170. The van der Waals surface area contributed by atoms with Crippen LogP contribution in [0.4, 0.5) is 36.6 Å². The van der Waals surface area contributed by atoms with Crippen LogP contribution in [-0.4, -0.2) is 37.9 Å². The number of benzene rings is 1. The maximum atomic E-state index is 14.3. The summed E-state index contributed by atoms with van der Waals surface area (Å²) in [4.78, 5) is 17.7. The quantitative estimate of drug-likeness (QED) is 0.409. The third-order valence-corrected chi connectivity index (χ3v) is 4.29. The lowest BCUT2D eigenvalue weighted by atomic mass is 10.1. The average Bonchev–Trinajstić information content (AvgIpc) is 3.10. The minimum absolute atomic E-state index is 0.198. The molecule has 2 heterocycles. The van der Waals surface area contributed by atoms with E-state index in [4.69, 9.17) is 4.74 Å². The predicted molar refractivity (Wildman–Crippen MR) is 100.0 cm³/mol. The van der Waals surface area contributed by atoms with E-state index in [1.165, 1.54) is 0 Å². The number of nitrogens with one attached hydrogen (secondary N) is 1. The number of alkyl halides is 6. The molecule has 0 radical (unpaired) electrons. The van der Waals surface area contributed by atoms with Crippen LogP contribution in [0.3, 0.4) is 0 Å². The van der Waals surface area contributed by atoms with Crippen LogP contribution < -0.4 is 10.1 Å². The minimum atomic E-state index is -4.95. The zero-order chi connectivity index (χ0) is 24.6. The Labute approximate surface area is 181 Å². The third kappa shape index (κ3) is 5.04. The molecule has 0 saturated heterocycles. The molecular weight excluding hydrogens is 463 g/mol. The van der Waals surface area contributed by atoms with Crippen molar-refractivity contribution in [2.45, 2.75) is 31.8 Å². The normalized spacial score (nSPS) is 12.5. The van der Waals surface area contributed by atoms with Gasteiger partial charge in [0.1, 0.15) is 11.6 Å². The van der Waals surface area contributed by atoms with Gasteiger partial charge < -0.3 is 10.1 Å². The van der Waals surface area contributed by atoms with Crippen LogP contribution >= 0.6 is 0 Å². The highest BCUT2D eigenvalue weighted by Gasteiger charge is 2.50. The van der Waals surface area contributed by atoms with Gasteiger partial charge in [0, 0.05) is 30.1 Å². The highest BCUT2D eigenvalue weighted by molar-refractivity contribution is 5.74. The molecular formula is C19H14F7N5O2. The molecule has 0 aliphatic carbocycles. The molecule has 0 aliphatic heterocycles. The van der Waals surface area contributed by atoms with E-state index < -0.39 is 41.0 Å². The van der Waals surface area contributed by atoms with Crippen LogP contribution in [0, 0.1) is 5.82 Å². The van der Waals surface area contributed by atoms with Crippen molar-refractivity contribution in [2.24, 2.45) is 0 Å². The van der Waals surface area contributed by atoms with Gasteiger partial charge in [-0.25, -0.2) is 19.0 Å². The smallest absolute Gasteiger partial charge is 0.437 e. The Balaban J connectivity index is 2.19. The molecule has 0 bridgehead atoms. The maximum absolute atomic E-state index is 14.3. The molecule has 0 unspecified atom stereocenters. The Morgan fingerprint density at radius 2 is 1.67 bits per heavy atom. The second-order valence-corrected chi connectivity index (χ2v) is 7.10. The first-order valence-corrected chi connectivity index (χ1v) is 8.98. The van der Waals surface area contributed by atoms with Crippen molar-refractivity contribution < 1.29 is 40.3 Å². The van der Waals surface area contributed by atoms with E-state index in [-0.39, 0.29) is 23.5 Å². The number of hydrogen-bond acceptors (Lipinski definition) is 5. The van der Waals surface area contributed by atoms with Crippen LogP contribution in [0.15, 0.2) is 36.7 Å². The maximum Gasteiger partial charge on any atom is 0.437 e. The van der Waals surface area contributed by atoms with Crippen molar-refractivity contribution in [1.29, 1.82) is 0 Å². The molecule has 1 N–H and O–H groups in total. The van der Waals surface area contributed by atoms with Gasteiger partial charge in [-0.3, -0.25) is 4.79 Å². The van der Waals surface area contributed by atoms with E-state index in [0.29, 0.717) is 10.7 Å². The Morgan fingerprint density at radius 3 is 2.27 bits per heavy atom. The highest BCUT2D eigenvalue weighted by Crippen LogP contribution is 2.37. The fraction of sp³-hybridized carbons (Fsp3) is 0.263. The number of carbonyl (C=O) groups excluding carboxylic acids is 1. The molecule has 0 saturated carbocycles. The first kappa shape index (κ1) is 23.9. The van der Waals surface area contributed by atoms with E-state index in [1.54, 1.807) is 0 Å². The summed E-state index contributed by atoms with van der Waals surface area (Å²) >= 11 is 0. The largest absolute Gasteiger partial charge is 0.478 e. The number of amides is 1. The van der Waals surface area contributed by atoms with Gasteiger partial charge in [0.05, 0.1) is 5.69 Å². The van der Waals surface area contributed by atoms with Gasteiger partial charge in [0.2, 0.25) is 6.41 Å². The number of carbonyl (C=O) groups is 1. The summed E-state index contributed by atoms with van der Waals surface area (Å²) in [5, 5.41) is 5.96. The number of nitrogens with zero attached hydrogens (tertiary/aromatic N) is 4. The fourth-order valence-electron chi connectivity index (χ4n) is 2.69. The van der Waals surface area contributed by atoms with Crippen LogP contribution in [-0.2, 0) is 11.0 Å². The summed E-state index contributed by atoms with van der Waals surface area (Å²) in [6.07, 6.45) is -7.80. The number of rotatable bonds is 6. The molecule has 0 atom stereocenters. The van der Waals surface area contributed by atoms with Gasteiger partial charge in [-0.15, -0.1) is 5.10 Å². The van der Waals surface area contributed by atoms with Crippen LogP contribution in [0.25, 0.3) is 17.1 Å². The SMILES string of the molecule is CC(C)(Oc1cc(F)cc(-c2cc(NC=O)nn2-c2nccnc2C(F)(F)F)c1)C(F)(F)F. The first-order valence-electron chi connectivity index (χ1n) is 8.98. The van der Waals surface area contributed by atoms with E-state index in [2.05, 4.69) is 20.4 Å². The molecule has 176 valence electrons. The fourth-order valence-corrected chi connectivity index (χ4v) is 2.69. The van der Waals surface area contributed by atoms with Crippen molar-refractivity contribution in [2.75, 3.05) is 5.32 Å². The molecule has 0 fully saturated rings. The van der Waals surface area contributed by atoms with Crippen molar-refractivity contribution in [3.05, 3.63) is 48.2 Å². The zero-order valence-corrected chi connectivity index (χ0v) is 16.8. The third-order valence-electron chi connectivity index (χ3n) is 4.29. The summed E-state index contributed by atoms with van der Waals surface area (Å²) in [5.74, 6) is -2.61. The molecule has 14 heteroatoms. The van der Waals surface area contributed by atoms with Crippen LogP contribution in [0.2, 0.25) is 0 Å². The summed E-state index contributed by atoms with van der Waals surface area (Å²) in [6.45, 7) is 1.45. The number of anilines is 1. The van der Waals surface area contributed by atoms with Crippen molar-refractivity contribution in [1.82, 2.24) is 19.7 Å². The second kappa shape index (κ2) is 8.33. The number of aromatic nitrogens is 4. The molecule has 3 aromatic rings. The average molecular weight is 477 g/mol. The Morgan fingerprint density at radius 1 is 1.00 bits per heavy atom. The summed E-state index contributed by atoms with van der Waals surface area (Å²) in [5.41, 5.74) is -4.57. The van der Waals surface area contributed by atoms with E-state index in [9.17, 15) is 35.5 Å². The van der Waals surface area contributed by atoms with Crippen molar-refractivity contribution in [3.63, 3.8) is 0 Å². The van der Waals surface area contributed by atoms with Crippen LogP contribution in [0.5, 0.6) is 5.75 Å². The lowest BCUT2D eigenvalue weighted by Gasteiger charge is -2.29. The van der Waals surface area contributed by atoms with Gasteiger partial charge >= 0.3 is 12.4 Å². The van der Waals surface area contributed by atoms with Gasteiger partial charge in [0.25, 0.3) is 0 Å². The molecule has 33 heavy (non-hydrogen) atoms. The van der Waals surface area contributed by atoms with Gasteiger partial charge in [-0.05, 0) is 26.0 Å². The standard InChI is InChI=1S/C19H14F7N5O2/c1-17(2,19(24,25)26)33-12-6-10(5-11(20)7-12)13-8-14(29-9-32)30-31(13)16-15(18(21,22)23)27-3-4-28-16/h3-9H,1-2H3,(H,29,30,32). The van der Waals surface area contributed by atoms with Crippen LogP contribution in [0.1, 0.15) is 19.5 Å². The molecule has 7 nitrogen and oxygen atoms in total. The van der Waals surface area contributed by atoms with E-state index >= 15 is 0 Å². The summed E-state index contributed by atoms with van der Waals surface area (Å²) in [6, 6.07) is 3.59. The van der Waals surface area contributed by atoms with E-state index in [0.717, 1.165) is 44.4 Å². The second-order valence-electron chi connectivity index (χ2n) is 7.10. The highest BCUT2D eigenvalue weighted by atomic mass is 19.4. The number of hydrogen-bond donors (Lipinski definition) is 1. The lowest BCUT2D eigenvalue weighted by molar-refractivity contribution is -0.234. The molecule has 1 aromatic carbocycles. The Hall–Kier alpha value is -3.71. The van der Waals surface area contributed by atoms with E-state index in [1.807, 2.05) is 0 Å². The molecule has 0 spiro atoms. The predicted octanol–water partition coefficient (Wildman–Crippen LogP) is 4.78. The molecule has 2 aromatic heterocycles. The Kier molecular flexibility index (Phi) is 6.04. The van der Waals surface area contributed by atoms with Gasteiger partial charge in [-0.2, -0.15) is 26.3 Å². The minimum Gasteiger partial charge on any atom is -0.478 e. The number of halogens is 7. The molecule has 3 rings (SSSR count). The molecule has 0 aliphatic rings. The molecule has 1 amide bonds. The first-order chi connectivity index (χ1) is 15.2. The summed E-state index contributed by atoms with van der Waals surface area (Å²) < 4.78 is 99.7. The topological polar surface area (TPSA) is 81.9 Å². The number of ether oxygens (including phenoxy) is 1. The summed E-state index contributed by atoms with van der Waals surface area (Å²) in [7, 11) is 0.